The summed E-state index contributed by atoms with van der Waals surface area (Å²) in [6.07, 6.45) is 3.73. The molecule has 0 fully saturated rings. The lowest BCUT2D eigenvalue weighted by atomic mass is 10.3. The molecule has 0 bridgehead atoms. The number of rotatable bonds is 5. The lowest BCUT2D eigenvalue weighted by Crippen LogP contribution is -1.81. The van der Waals surface area contributed by atoms with Gasteiger partial charge < -0.3 is 4.74 Å². The van der Waals surface area contributed by atoms with Crippen LogP contribution in [0.4, 0.5) is 0 Å². The summed E-state index contributed by atoms with van der Waals surface area (Å²) >= 11 is 5.38. The third kappa shape index (κ3) is 7.53. The van der Waals surface area contributed by atoms with Crippen molar-refractivity contribution in [3.63, 3.8) is 0 Å². The Morgan fingerprint density at radius 2 is 1.26 bits per heavy atom. The number of unbranched alkanes of at least 4 members (excludes halogenated alkanes) is 2. The van der Waals surface area contributed by atoms with Crippen molar-refractivity contribution in [2.45, 2.75) is 26.2 Å². The molecule has 19 heavy (non-hydrogen) atoms. The summed E-state index contributed by atoms with van der Waals surface area (Å²) in [6, 6.07) is 19.5. The molecule has 0 saturated carbocycles. The van der Waals surface area contributed by atoms with Gasteiger partial charge in [0, 0.05) is 5.88 Å². The van der Waals surface area contributed by atoms with Crippen molar-refractivity contribution in [3.8, 4) is 11.5 Å². The lowest BCUT2D eigenvalue weighted by Gasteiger charge is -2.03. The van der Waals surface area contributed by atoms with Crippen molar-refractivity contribution >= 4 is 11.6 Å². The first kappa shape index (κ1) is 15.6. The van der Waals surface area contributed by atoms with Crippen molar-refractivity contribution < 1.29 is 4.74 Å². The Morgan fingerprint density at radius 3 is 1.58 bits per heavy atom. The van der Waals surface area contributed by atoms with Crippen LogP contribution in [0.3, 0.4) is 0 Å². The second-order valence-corrected chi connectivity index (χ2v) is 4.50. The van der Waals surface area contributed by atoms with Crippen LogP contribution in [0.25, 0.3) is 0 Å². The number of benzene rings is 2. The Labute approximate surface area is 121 Å². The van der Waals surface area contributed by atoms with Gasteiger partial charge in [0.05, 0.1) is 0 Å². The van der Waals surface area contributed by atoms with Crippen LogP contribution in [0.1, 0.15) is 26.2 Å². The molecular formula is C17H21ClO. The van der Waals surface area contributed by atoms with Crippen LogP contribution in [0.2, 0.25) is 0 Å². The number of alkyl halides is 1. The van der Waals surface area contributed by atoms with Crippen LogP contribution in [-0.2, 0) is 0 Å². The van der Waals surface area contributed by atoms with Crippen molar-refractivity contribution in [3.05, 3.63) is 60.7 Å². The summed E-state index contributed by atoms with van der Waals surface area (Å²) in [5.41, 5.74) is 0. The van der Waals surface area contributed by atoms with Gasteiger partial charge in [0.25, 0.3) is 0 Å². The molecule has 2 aromatic rings. The fourth-order valence-corrected chi connectivity index (χ4v) is 1.65. The number of hydrogen-bond acceptors (Lipinski definition) is 1. The van der Waals surface area contributed by atoms with Gasteiger partial charge in [-0.1, -0.05) is 56.2 Å². The summed E-state index contributed by atoms with van der Waals surface area (Å²) < 4.78 is 5.58. The second kappa shape index (κ2) is 10.5. The van der Waals surface area contributed by atoms with E-state index in [1.54, 1.807) is 0 Å². The van der Waals surface area contributed by atoms with Crippen LogP contribution in [0, 0.1) is 0 Å². The number of halogens is 1. The van der Waals surface area contributed by atoms with Gasteiger partial charge in [-0.25, -0.2) is 0 Å². The third-order valence-electron chi connectivity index (χ3n) is 2.46. The maximum Gasteiger partial charge on any atom is 0.127 e. The second-order valence-electron chi connectivity index (χ2n) is 4.12. The minimum atomic E-state index is 0.827. The zero-order valence-electron chi connectivity index (χ0n) is 11.4. The Balaban J connectivity index is 0.000000258. The van der Waals surface area contributed by atoms with Gasteiger partial charge in [0.1, 0.15) is 11.5 Å². The quantitative estimate of drug-likeness (QED) is 0.488. The molecule has 0 unspecified atom stereocenters. The summed E-state index contributed by atoms with van der Waals surface area (Å²) in [4.78, 5) is 0. The first-order valence-electron chi connectivity index (χ1n) is 6.70. The topological polar surface area (TPSA) is 9.23 Å². The number of hydrogen-bond donors (Lipinski definition) is 0. The Bertz CT molecular complexity index is 372. The molecule has 0 aromatic heterocycles. The van der Waals surface area contributed by atoms with E-state index in [0.717, 1.165) is 17.4 Å². The minimum absolute atomic E-state index is 0.827. The van der Waals surface area contributed by atoms with Crippen molar-refractivity contribution in [1.29, 1.82) is 0 Å². The van der Waals surface area contributed by atoms with Crippen molar-refractivity contribution in [2.24, 2.45) is 0 Å². The zero-order chi connectivity index (χ0) is 13.8. The Hall–Kier alpha value is -1.47. The molecule has 2 heteroatoms. The maximum absolute atomic E-state index is 5.58. The standard InChI is InChI=1S/C12H10O.C5H11Cl/c1-3-7-11(8-4-1)13-12-9-5-2-6-10-12;1-2-3-4-5-6/h1-10H;2-5H2,1H3. The van der Waals surface area contributed by atoms with Gasteiger partial charge in [0.15, 0.2) is 0 Å². The van der Waals surface area contributed by atoms with E-state index in [-0.39, 0.29) is 0 Å². The molecule has 1 nitrogen and oxygen atoms in total. The summed E-state index contributed by atoms with van der Waals surface area (Å²) in [7, 11) is 0. The third-order valence-corrected chi connectivity index (χ3v) is 2.73. The van der Waals surface area contributed by atoms with E-state index < -0.39 is 0 Å². The van der Waals surface area contributed by atoms with Gasteiger partial charge in [-0.3, -0.25) is 0 Å². The predicted octanol–water partition coefficient (Wildman–Crippen LogP) is 5.89. The fourth-order valence-electron chi connectivity index (χ4n) is 1.46. The molecule has 2 aromatic carbocycles. The summed E-state index contributed by atoms with van der Waals surface area (Å²) in [5.74, 6) is 2.57. The van der Waals surface area contributed by atoms with E-state index in [1.807, 2.05) is 60.7 Å². The zero-order valence-corrected chi connectivity index (χ0v) is 12.1. The lowest BCUT2D eigenvalue weighted by molar-refractivity contribution is 0.482. The molecule has 0 radical (unpaired) electrons. The maximum atomic E-state index is 5.58. The SMILES string of the molecule is CCCCCCl.c1ccc(Oc2ccccc2)cc1. The molecule has 0 spiro atoms. The monoisotopic (exact) mass is 276 g/mol. The van der Waals surface area contributed by atoms with E-state index >= 15 is 0 Å². The van der Waals surface area contributed by atoms with Crippen LogP contribution in [-0.4, -0.2) is 5.88 Å². The van der Waals surface area contributed by atoms with Crippen LogP contribution >= 0.6 is 11.6 Å². The van der Waals surface area contributed by atoms with Crippen molar-refractivity contribution in [1.82, 2.24) is 0 Å². The van der Waals surface area contributed by atoms with Gasteiger partial charge >= 0.3 is 0 Å². The van der Waals surface area contributed by atoms with Crippen LogP contribution < -0.4 is 4.74 Å². The molecule has 0 atom stereocenters. The number of para-hydroxylation sites is 2. The van der Waals surface area contributed by atoms with Gasteiger partial charge in [-0.2, -0.15) is 0 Å². The molecule has 0 amide bonds. The minimum Gasteiger partial charge on any atom is -0.457 e. The molecule has 102 valence electrons. The van der Waals surface area contributed by atoms with E-state index in [1.165, 1.54) is 19.3 Å². The molecular weight excluding hydrogens is 256 g/mol. The summed E-state index contributed by atoms with van der Waals surface area (Å²) in [5, 5.41) is 0. The molecule has 2 rings (SSSR count). The Morgan fingerprint density at radius 1 is 0.789 bits per heavy atom. The van der Waals surface area contributed by atoms with Crippen LogP contribution in [0.15, 0.2) is 60.7 Å². The van der Waals surface area contributed by atoms with E-state index in [0.29, 0.717) is 0 Å². The highest BCUT2D eigenvalue weighted by Gasteiger charge is 1.92. The first-order valence-corrected chi connectivity index (χ1v) is 7.24. The van der Waals surface area contributed by atoms with Gasteiger partial charge in [-0.05, 0) is 30.7 Å². The number of ether oxygens (including phenoxy) is 1. The largest absolute Gasteiger partial charge is 0.457 e. The highest BCUT2D eigenvalue weighted by Crippen LogP contribution is 2.19. The van der Waals surface area contributed by atoms with Gasteiger partial charge in [0.2, 0.25) is 0 Å². The molecule has 0 aliphatic carbocycles. The van der Waals surface area contributed by atoms with E-state index in [4.69, 9.17) is 16.3 Å². The highest BCUT2D eigenvalue weighted by atomic mass is 35.5. The molecule has 0 aliphatic heterocycles. The molecule has 0 aliphatic rings. The molecule has 0 heterocycles. The average molecular weight is 277 g/mol. The molecule has 0 N–H and O–H groups in total. The van der Waals surface area contributed by atoms with E-state index in [9.17, 15) is 0 Å². The highest BCUT2D eigenvalue weighted by molar-refractivity contribution is 6.17. The first-order chi connectivity index (χ1) is 9.36. The fraction of sp³-hybridized carbons (Fsp3) is 0.294. The van der Waals surface area contributed by atoms with Crippen molar-refractivity contribution in [2.75, 3.05) is 5.88 Å². The Kier molecular flexibility index (Phi) is 8.57. The summed E-state index contributed by atoms with van der Waals surface area (Å²) in [6.45, 7) is 2.17. The predicted molar refractivity (Wildman–Crippen MR) is 83.2 cm³/mol. The van der Waals surface area contributed by atoms with E-state index in [2.05, 4.69) is 6.92 Å². The van der Waals surface area contributed by atoms with Gasteiger partial charge in [-0.15, -0.1) is 11.6 Å². The molecule has 0 saturated heterocycles. The van der Waals surface area contributed by atoms with Crippen LogP contribution in [0.5, 0.6) is 11.5 Å². The normalized spacial score (nSPS) is 9.37. The smallest absolute Gasteiger partial charge is 0.127 e. The average Bonchev–Trinajstić information content (AvgIpc) is 2.48.